The van der Waals surface area contributed by atoms with E-state index >= 15 is 0 Å². The molecule has 0 saturated heterocycles. The van der Waals surface area contributed by atoms with E-state index in [9.17, 15) is 13.2 Å². The van der Waals surface area contributed by atoms with Crippen molar-refractivity contribution in [3.8, 4) is 5.75 Å². The van der Waals surface area contributed by atoms with Gasteiger partial charge in [-0.3, -0.25) is 4.79 Å². The van der Waals surface area contributed by atoms with Gasteiger partial charge < -0.3 is 10.1 Å². The predicted molar refractivity (Wildman–Crippen MR) is 83.8 cm³/mol. The first-order valence-electron chi connectivity index (χ1n) is 6.09. The Morgan fingerprint density at radius 3 is 2.36 bits per heavy atom. The predicted octanol–water partition coefficient (Wildman–Crippen LogP) is 2.25. The average molecular weight is 341 g/mol. The Morgan fingerprint density at radius 1 is 1.18 bits per heavy atom. The zero-order valence-electron chi connectivity index (χ0n) is 11.5. The molecule has 0 aliphatic rings. The number of primary sulfonamides is 1. The van der Waals surface area contributed by atoms with Crippen molar-refractivity contribution < 1.29 is 17.9 Å². The van der Waals surface area contributed by atoms with E-state index in [0.29, 0.717) is 16.3 Å². The van der Waals surface area contributed by atoms with Crippen molar-refractivity contribution in [2.45, 2.75) is 4.90 Å². The smallest absolute Gasteiger partial charge is 0.255 e. The highest BCUT2D eigenvalue weighted by atomic mass is 35.5. The van der Waals surface area contributed by atoms with E-state index in [2.05, 4.69) is 5.32 Å². The summed E-state index contributed by atoms with van der Waals surface area (Å²) in [6.07, 6.45) is 0. The third-order valence-corrected chi connectivity index (χ3v) is 4.02. The first-order valence-corrected chi connectivity index (χ1v) is 8.01. The van der Waals surface area contributed by atoms with Crippen LogP contribution in [-0.2, 0) is 10.0 Å². The maximum atomic E-state index is 12.2. The van der Waals surface area contributed by atoms with Crippen LogP contribution < -0.4 is 15.2 Å². The molecule has 0 fully saturated rings. The summed E-state index contributed by atoms with van der Waals surface area (Å²) >= 11 is 5.76. The van der Waals surface area contributed by atoms with Crippen LogP contribution in [0.25, 0.3) is 0 Å². The summed E-state index contributed by atoms with van der Waals surface area (Å²) < 4.78 is 27.9. The molecule has 0 bridgehead atoms. The van der Waals surface area contributed by atoms with Crippen LogP contribution in [0.15, 0.2) is 47.4 Å². The lowest BCUT2D eigenvalue weighted by molar-refractivity contribution is 0.102. The Kier molecular flexibility index (Phi) is 4.70. The second-order valence-corrected chi connectivity index (χ2v) is 6.37. The molecule has 0 aliphatic carbocycles. The molecule has 3 N–H and O–H groups in total. The average Bonchev–Trinajstić information content (AvgIpc) is 2.46. The van der Waals surface area contributed by atoms with E-state index in [4.69, 9.17) is 21.5 Å². The molecule has 22 heavy (non-hydrogen) atoms. The molecule has 2 aromatic carbocycles. The Hall–Kier alpha value is -2.09. The zero-order valence-corrected chi connectivity index (χ0v) is 13.1. The van der Waals surface area contributed by atoms with E-state index in [-0.39, 0.29) is 10.6 Å². The summed E-state index contributed by atoms with van der Waals surface area (Å²) in [6.45, 7) is 0. The molecule has 0 saturated carbocycles. The summed E-state index contributed by atoms with van der Waals surface area (Å²) in [6, 6.07) is 10.2. The summed E-state index contributed by atoms with van der Waals surface area (Å²) in [5.74, 6) is -0.115. The number of rotatable bonds is 4. The Labute approximate surface area is 132 Å². The van der Waals surface area contributed by atoms with Gasteiger partial charge in [0, 0.05) is 10.6 Å². The van der Waals surface area contributed by atoms with Crippen LogP contribution in [0, 0.1) is 0 Å². The number of halogens is 1. The van der Waals surface area contributed by atoms with Crippen molar-refractivity contribution >= 4 is 33.2 Å². The minimum absolute atomic E-state index is 0.125. The van der Waals surface area contributed by atoms with Crippen LogP contribution in [0.3, 0.4) is 0 Å². The molecule has 6 nitrogen and oxygen atoms in total. The van der Waals surface area contributed by atoms with Gasteiger partial charge in [0.25, 0.3) is 5.91 Å². The number of nitrogens with two attached hydrogens (primary N) is 1. The lowest BCUT2D eigenvalue weighted by atomic mass is 10.2. The highest BCUT2D eigenvalue weighted by Gasteiger charge is 2.14. The van der Waals surface area contributed by atoms with Crippen LogP contribution >= 0.6 is 11.6 Å². The van der Waals surface area contributed by atoms with Gasteiger partial charge in [0.1, 0.15) is 5.75 Å². The van der Waals surface area contributed by atoms with Gasteiger partial charge >= 0.3 is 0 Å². The number of anilines is 1. The number of hydrogen-bond acceptors (Lipinski definition) is 4. The Bertz CT molecular complexity index is 804. The van der Waals surface area contributed by atoms with Gasteiger partial charge in [-0.05, 0) is 42.5 Å². The molecular formula is C14H13ClN2O4S. The summed E-state index contributed by atoms with van der Waals surface area (Å²) in [5.41, 5.74) is 0.571. The molecule has 0 aromatic heterocycles. The molecule has 8 heteroatoms. The fourth-order valence-corrected chi connectivity index (χ4v) is 2.42. The summed E-state index contributed by atoms with van der Waals surface area (Å²) in [5, 5.41) is 8.17. The summed E-state index contributed by atoms with van der Waals surface area (Å²) in [4.78, 5) is 12.0. The lowest BCUT2D eigenvalue weighted by Gasteiger charge is -2.11. The van der Waals surface area contributed by atoms with Gasteiger partial charge in [0.15, 0.2) is 0 Å². The van der Waals surface area contributed by atoms with Gasteiger partial charge in [-0.1, -0.05) is 11.6 Å². The first kappa shape index (κ1) is 16.3. The van der Waals surface area contributed by atoms with Gasteiger partial charge in [-0.25, -0.2) is 13.6 Å². The van der Waals surface area contributed by atoms with E-state index < -0.39 is 15.9 Å². The fraction of sp³-hybridized carbons (Fsp3) is 0.0714. The van der Waals surface area contributed by atoms with Crippen LogP contribution in [-0.4, -0.2) is 21.4 Å². The quantitative estimate of drug-likeness (QED) is 0.891. The largest absolute Gasteiger partial charge is 0.495 e. The van der Waals surface area contributed by atoms with Crippen LogP contribution in [0.4, 0.5) is 5.69 Å². The number of sulfonamides is 1. The SMILES string of the molecule is COc1ccc(S(N)(=O)=O)cc1NC(=O)c1ccc(Cl)cc1. The molecule has 0 radical (unpaired) electrons. The number of amides is 1. The third kappa shape index (κ3) is 3.76. The van der Waals surface area contributed by atoms with Crippen molar-refractivity contribution in [3.05, 3.63) is 53.1 Å². The number of benzene rings is 2. The highest BCUT2D eigenvalue weighted by molar-refractivity contribution is 7.89. The molecule has 0 aliphatic heterocycles. The standard InChI is InChI=1S/C14H13ClN2O4S/c1-21-13-7-6-11(22(16,19)20)8-12(13)17-14(18)9-2-4-10(15)5-3-9/h2-8H,1H3,(H,17,18)(H2,16,19,20). The second kappa shape index (κ2) is 6.35. The monoisotopic (exact) mass is 340 g/mol. The molecule has 0 spiro atoms. The maximum absolute atomic E-state index is 12.2. The van der Waals surface area contributed by atoms with E-state index in [1.54, 1.807) is 24.3 Å². The third-order valence-electron chi connectivity index (χ3n) is 2.85. The first-order chi connectivity index (χ1) is 10.3. The van der Waals surface area contributed by atoms with Gasteiger partial charge in [-0.15, -0.1) is 0 Å². The molecule has 1 amide bonds. The minimum Gasteiger partial charge on any atom is -0.495 e. The van der Waals surface area contributed by atoms with Crippen molar-refractivity contribution in [1.82, 2.24) is 0 Å². The number of methoxy groups -OCH3 is 1. The van der Waals surface area contributed by atoms with Crippen LogP contribution in [0.2, 0.25) is 5.02 Å². The number of hydrogen-bond donors (Lipinski definition) is 2. The number of ether oxygens (including phenoxy) is 1. The number of carbonyl (C=O) groups excluding carboxylic acids is 1. The fourth-order valence-electron chi connectivity index (χ4n) is 1.76. The Morgan fingerprint density at radius 2 is 1.82 bits per heavy atom. The van der Waals surface area contributed by atoms with Crippen molar-refractivity contribution in [2.75, 3.05) is 12.4 Å². The van der Waals surface area contributed by atoms with Crippen molar-refractivity contribution in [2.24, 2.45) is 5.14 Å². The molecule has 0 atom stereocenters. The topological polar surface area (TPSA) is 98.5 Å². The highest BCUT2D eigenvalue weighted by Crippen LogP contribution is 2.27. The van der Waals surface area contributed by atoms with Crippen LogP contribution in [0.5, 0.6) is 5.75 Å². The van der Waals surface area contributed by atoms with E-state index in [0.717, 1.165) is 0 Å². The minimum atomic E-state index is -3.88. The van der Waals surface area contributed by atoms with Gasteiger partial charge in [0.2, 0.25) is 10.0 Å². The van der Waals surface area contributed by atoms with E-state index in [1.165, 1.54) is 25.3 Å². The number of carbonyl (C=O) groups is 1. The lowest BCUT2D eigenvalue weighted by Crippen LogP contribution is -2.15. The second-order valence-electron chi connectivity index (χ2n) is 4.37. The van der Waals surface area contributed by atoms with Crippen LogP contribution in [0.1, 0.15) is 10.4 Å². The van der Waals surface area contributed by atoms with Crippen molar-refractivity contribution in [1.29, 1.82) is 0 Å². The van der Waals surface area contributed by atoms with Gasteiger partial charge in [0.05, 0.1) is 17.7 Å². The van der Waals surface area contributed by atoms with Gasteiger partial charge in [-0.2, -0.15) is 0 Å². The van der Waals surface area contributed by atoms with E-state index in [1.807, 2.05) is 0 Å². The zero-order chi connectivity index (χ0) is 16.3. The maximum Gasteiger partial charge on any atom is 0.255 e. The summed E-state index contributed by atoms with van der Waals surface area (Å²) in [7, 11) is -2.47. The molecule has 2 aromatic rings. The molecule has 0 heterocycles. The molecule has 0 unspecified atom stereocenters. The Balaban J connectivity index is 2.35. The normalized spacial score (nSPS) is 11.0. The number of nitrogens with one attached hydrogen (secondary N) is 1. The molecule has 116 valence electrons. The molecular weight excluding hydrogens is 328 g/mol. The molecule has 2 rings (SSSR count). The van der Waals surface area contributed by atoms with Crippen molar-refractivity contribution in [3.63, 3.8) is 0 Å².